The van der Waals surface area contributed by atoms with Crippen LogP contribution in [-0.2, 0) is 22.5 Å². The highest BCUT2D eigenvalue weighted by atomic mass is 16.6. The molecule has 12 nitrogen and oxygen atoms in total. The lowest BCUT2D eigenvalue weighted by Gasteiger charge is -2.26. The van der Waals surface area contributed by atoms with Gasteiger partial charge in [0.15, 0.2) is 29.3 Å². The van der Waals surface area contributed by atoms with Gasteiger partial charge in [-0.25, -0.2) is 15.0 Å². The lowest BCUT2D eigenvalue weighted by Crippen LogP contribution is -2.43. The number of aliphatic hydroxyl groups is 2. The molecular weight excluding hydrogens is 536 g/mol. The zero-order chi connectivity index (χ0) is 28.6. The number of para-hydroxylation sites is 1. The van der Waals surface area contributed by atoms with Gasteiger partial charge in [0, 0.05) is 42.8 Å². The molecule has 12 heteroatoms. The molecule has 3 aromatic heterocycles. The number of hydrogen-bond acceptors (Lipinski definition) is 9. The number of carbonyl (C=O) groups is 1. The normalized spacial score (nSPS) is 24.9. The number of aliphatic hydroxyl groups excluding tert-OH is 2. The minimum absolute atomic E-state index is 0.121. The van der Waals surface area contributed by atoms with E-state index in [0.717, 1.165) is 32.4 Å². The van der Waals surface area contributed by atoms with Gasteiger partial charge in [-0.3, -0.25) is 9.36 Å². The van der Waals surface area contributed by atoms with Crippen molar-refractivity contribution in [3.8, 4) is 0 Å². The molecule has 4 aromatic rings. The van der Waals surface area contributed by atoms with Crippen LogP contribution < -0.4 is 10.6 Å². The van der Waals surface area contributed by atoms with Gasteiger partial charge in [-0.05, 0) is 56.8 Å². The third kappa shape index (κ3) is 5.35. The van der Waals surface area contributed by atoms with E-state index in [-0.39, 0.29) is 6.04 Å². The molecule has 4 atom stereocenters. The summed E-state index contributed by atoms with van der Waals surface area (Å²) in [5.74, 6) is 0.157. The number of amides is 1. The molecule has 1 aliphatic carbocycles. The number of piperidine rings is 1. The summed E-state index contributed by atoms with van der Waals surface area (Å²) in [6, 6.07) is 8.69. The predicted octanol–water partition coefficient (Wildman–Crippen LogP) is 1.82. The van der Waals surface area contributed by atoms with Gasteiger partial charge in [0.2, 0.25) is 0 Å². The number of anilines is 1. The summed E-state index contributed by atoms with van der Waals surface area (Å²) in [6.45, 7) is 5.08. The molecule has 0 radical (unpaired) electrons. The number of hydrogen-bond donors (Lipinski definition) is 4. The molecule has 3 fully saturated rings. The molecule has 1 saturated carbocycles. The van der Waals surface area contributed by atoms with E-state index in [1.54, 1.807) is 4.57 Å². The van der Waals surface area contributed by atoms with Crippen LogP contribution in [0.15, 0.2) is 43.1 Å². The number of nitrogens with one attached hydrogen (secondary N) is 2. The number of imidazole rings is 1. The summed E-state index contributed by atoms with van der Waals surface area (Å²) in [5, 5.41) is 28.8. The van der Waals surface area contributed by atoms with E-state index < -0.39 is 30.4 Å². The quantitative estimate of drug-likeness (QED) is 0.223. The number of likely N-dealkylation sites (tertiary alicyclic amines) is 1. The fourth-order valence-electron chi connectivity index (χ4n) is 6.24. The summed E-state index contributed by atoms with van der Waals surface area (Å²) in [5.41, 5.74) is 3.51. The Kier molecular flexibility index (Phi) is 7.53. The van der Waals surface area contributed by atoms with Crippen LogP contribution in [0.25, 0.3) is 22.1 Å². The maximum Gasteiger partial charge on any atom is 0.252 e. The van der Waals surface area contributed by atoms with Gasteiger partial charge in [0.05, 0.1) is 6.33 Å². The van der Waals surface area contributed by atoms with Crippen LogP contribution in [0, 0.1) is 0 Å². The van der Waals surface area contributed by atoms with Gasteiger partial charge in [0.25, 0.3) is 5.91 Å². The average molecular weight is 575 g/mol. The number of benzene rings is 1. The Hall–Kier alpha value is -3.58. The average Bonchev–Trinajstić information content (AvgIpc) is 3.49. The second-order valence-electron chi connectivity index (χ2n) is 11.7. The van der Waals surface area contributed by atoms with Gasteiger partial charge in [-0.1, -0.05) is 24.6 Å². The molecule has 1 amide bonds. The van der Waals surface area contributed by atoms with Crippen molar-refractivity contribution in [2.24, 2.45) is 0 Å². The molecular formula is C30H38N8O4. The first-order valence-corrected chi connectivity index (χ1v) is 15.1. The summed E-state index contributed by atoms with van der Waals surface area (Å²) >= 11 is 0. The van der Waals surface area contributed by atoms with E-state index in [9.17, 15) is 15.0 Å². The first kappa shape index (κ1) is 27.3. The largest absolute Gasteiger partial charge is 0.387 e. The maximum atomic E-state index is 12.5. The number of ether oxygens (including phenoxy) is 1. The second kappa shape index (κ2) is 11.6. The fraction of sp³-hybridized carbons (Fsp3) is 0.533. The molecule has 4 unspecified atom stereocenters. The number of nitrogens with zero attached hydrogens (tertiary/aromatic N) is 6. The minimum atomic E-state index is -1.35. The monoisotopic (exact) mass is 574 g/mol. The molecule has 222 valence electrons. The second-order valence-corrected chi connectivity index (χ2v) is 11.7. The third-order valence-electron chi connectivity index (χ3n) is 8.72. The topological polar surface area (TPSA) is 143 Å². The number of carbonyl (C=O) groups excluding carboxylic acids is 1. The van der Waals surface area contributed by atoms with Crippen molar-refractivity contribution < 1.29 is 19.7 Å². The predicted molar refractivity (Wildman–Crippen MR) is 157 cm³/mol. The van der Waals surface area contributed by atoms with E-state index >= 15 is 0 Å². The van der Waals surface area contributed by atoms with E-state index in [1.165, 1.54) is 61.5 Å². The highest BCUT2D eigenvalue weighted by molar-refractivity contribution is 5.85. The molecule has 0 bridgehead atoms. The van der Waals surface area contributed by atoms with Crippen LogP contribution in [0.4, 0.5) is 5.82 Å². The first-order valence-electron chi connectivity index (χ1n) is 15.1. The SMILES string of the molecule is O=C(NC1CC1)C1OC(n2cnc3c(NCCc4cn(CCN5CCCCC5)c5ccccc45)ncnc32)C(O)C1O. The van der Waals surface area contributed by atoms with Crippen LogP contribution >= 0.6 is 0 Å². The summed E-state index contributed by atoms with van der Waals surface area (Å²) in [6.07, 6.45) is 6.97. The molecule has 0 spiro atoms. The van der Waals surface area contributed by atoms with Crippen molar-refractivity contribution >= 4 is 33.8 Å². The van der Waals surface area contributed by atoms with Gasteiger partial charge in [0.1, 0.15) is 18.5 Å². The Bertz CT molecular complexity index is 1560. The van der Waals surface area contributed by atoms with Crippen LogP contribution in [0.1, 0.15) is 43.9 Å². The number of fused-ring (bicyclic) bond motifs is 2. The summed E-state index contributed by atoms with van der Waals surface area (Å²) < 4.78 is 9.76. The highest BCUT2D eigenvalue weighted by Gasteiger charge is 2.48. The van der Waals surface area contributed by atoms with Crippen molar-refractivity contribution in [1.29, 1.82) is 0 Å². The van der Waals surface area contributed by atoms with Crippen molar-refractivity contribution in [3.05, 3.63) is 48.7 Å². The minimum Gasteiger partial charge on any atom is -0.387 e. The molecule has 2 aliphatic heterocycles. The summed E-state index contributed by atoms with van der Waals surface area (Å²) in [4.78, 5) is 28.4. The van der Waals surface area contributed by atoms with Gasteiger partial charge >= 0.3 is 0 Å². The van der Waals surface area contributed by atoms with E-state index in [1.807, 2.05) is 0 Å². The molecule has 2 saturated heterocycles. The molecule has 7 rings (SSSR count). The van der Waals surface area contributed by atoms with E-state index in [2.05, 4.69) is 65.5 Å². The number of aromatic nitrogens is 5. The van der Waals surface area contributed by atoms with Crippen molar-refractivity contribution in [1.82, 2.24) is 34.3 Å². The van der Waals surface area contributed by atoms with Gasteiger partial charge < -0.3 is 35.1 Å². The van der Waals surface area contributed by atoms with Crippen molar-refractivity contribution in [2.75, 3.05) is 31.5 Å². The number of rotatable bonds is 10. The Morgan fingerprint density at radius 3 is 2.69 bits per heavy atom. The smallest absolute Gasteiger partial charge is 0.252 e. The molecule has 3 aliphatic rings. The van der Waals surface area contributed by atoms with Gasteiger partial charge in [-0.2, -0.15) is 0 Å². The zero-order valence-corrected chi connectivity index (χ0v) is 23.6. The Morgan fingerprint density at radius 1 is 1.02 bits per heavy atom. The van der Waals surface area contributed by atoms with E-state index in [0.29, 0.717) is 23.5 Å². The van der Waals surface area contributed by atoms with Crippen LogP contribution in [0.2, 0.25) is 0 Å². The summed E-state index contributed by atoms with van der Waals surface area (Å²) in [7, 11) is 0. The Balaban J connectivity index is 1.03. The molecule has 4 N–H and O–H groups in total. The highest BCUT2D eigenvalue weighted by Crippen LogP contribution is 2.33. The lowest BCUT2D eigenvalue weighted by molar-refractivity contribution is -0.137. The van der Waals surface area contributed by atoms with E-state index in [4.69, 9.17) is 4.74 Å². The molecule has 5 heterocycles. The fourth-order valence-corrected chi connectivity index (χ4v) is 6.24. The molecule has 42 heavy (non-hydrogen) atoms. The van der Waals surface area contributed by atoms with Gasteiger partial charge in [-0.15, -0.1) is 0 Å². The van der Waals surface area contributed by atoms with Crippen molar-refractivity contribution in [3.63, 3.8) is 0 Å². The van der Waals surface area contributed by atoms with Crippen LogP contribution in [-0.4, -0.2) is 95.6 Å². The van der Waals surface area contributed by atoms with Crippen LogP contribution in [0.5, 0.6) is 0 Å². The standard InChI is InChI=1S/C30H38N8O4/c39-24-25(40)30(42-26(24)29(41)35-20-8-9-20)38-18-34-23-27(32-17-33-28(23)38)31-11-10-19-16-37(22-7-3-2-6-21(19)22)15-14-36-12-4-1-5-13-36/h2-3,6-7,16-18,20,24-26,30,39-40H,1,4-5,8-15H2,(H,35,41)(H,31,32,33). The van der Waals surface area contributed by atoms with Crippen molar-refractivity contribution in [2.45, 2.75) is 75.7 Å². The molecule has 1 aromatic carbocycles. The zero-order valence-electron chi connectivity index (χ0n) is 23.6. The Morgan fingerprint density at radius 2 is 1.86 bits per heavy atom. The lowest BCUT2D eigenvalue weighted by atomic mass is 10.1. The van der Waals surface area contributed by atoms with Crippen LogP contribution in [0.3, 0.4) is 0 Å². The third-order valence-corrected chi connectivity index (χ3v) is 8.72. The first-order chi connectivity index (χ1) is 20.6. The maximum absolute atomic E-state index is 12.5. The Labute approximate surface area is 243 Å².